The lowest BCUT2D eigenvalue weighted by molar-refractivity contribution is 0.0846. The first-order valence-corrected chi connectivity index (χ1v) is 6.98. The summed E-state index contributed by atoms with van der Waals surface area (Å²) in [6.45, 7) is 0. The molecule has 0 radical (unpaired) electrons. The van der Waals surface area contributed by atoms with Crippen molar-refractivity contribution in [3.8, 4) is 5.82 Å². The van der Waals surface area contributed by atoms with Crippen molar-refractivity contribution in [2.45, 2.75) is 0 Å². The van der Waals surface area contributed by atoms with Gasteiger partial charge in [-0.2, -0.15) is 5.10 Å². The van der Waals surface area contributed by atoms with Gasteiger partial charge in [0.05, 0.1) is 6.20 Å². The van der Waals surface area contributed by atoms with Crippen molar-refractivity contribution in [2.24, 2.45) is 7.05 Å². The van der Waals surface area contributed by atoms with E-state index in [0.29, 0.717) is 16.9 Å². The molecule has 3 aromatic rings. The van der Waals surface area contributed by atoms with Crippen LogP contribution in [0.1, 0.15) is 20.7 Å². The summed E-state index contributed by atoms with van der Waals surface area (Å²) in [5, 5.41) is 4.10. The fourth-order valence-corrected chi connectivity index (χ4v) is 2.22. The highest BCUT2D eigenvalue weighted by atomic mass is 16.2. The Hall–Kier alpha value is -3.35. The van der Waals surface area contributed by atoms with E-state index in [1.807, 2.05) is 30.6 Å². The van der Waals surface area contributed by atoms with Crippen molar-refractivity contribution >= 4 is 11.8 Å². The van der Waals surface area contributed by atoms with E-state index >= 15 is 0 Å². The number of carbonyl (C=O) groups excluding carboxylic acids is 2. The van der Waals surface area contributed by atoms with Gasteiger partial charge in [0.15, 0.2) is 0 Å². The molecule has 7 heteroatoms. The summed E-state index contributed by atoms with van der Waals surface area (Å²) < 4.78 is 3.37. The number of hydrogen-bond acceptors (Lipinski definition) is 3. The first-order chi connectivity index (χ1) is 11.2. The number of benzene rings is 1. The first-order valence-electron chi connectivity index (χ1n) is 6.98. The predicted molar refractivity (Wildman–Crippen MR) is 83.9 cm³/mol. The number of hydrazine groups is 1. The maximum atomic E-state index is 12.3. The minimum atomic E-state index is -0.439. The summed E-state index contributed by atoms with van der Waals surface area (Å²) in [5.41, 5.74) is 5.62. The molecule has 2 heterocycles. The van der Waals surface area contributed by atoms with Crippen LogP contribution in [0.3, 0.4) is 0 Å². The third-order valence-corrected chi connectivity index (χ3v) is 3.33. The van der Waals surface area contributed by atoms with E-state index in [2.05, 4.69) is 16.0 Å². The van der Waals surface area contributed by atoms with Gasteiger partial charge in [0, 0.05) is 25.0 Å². The molecule has 0 fully saturated rings. The van der Waals surface area contributed by atoms with Crippen LogP contribution in [0.5, 0.6) is 0 Å². The minimum absolute atomic E-state index is 0.358. The first kappa shape index (κ1) is 14.6. The Labute approximate surface area is 132 Å². The van der Waals surface area contributed by atoms with Gasteiger partial charge in [0.1, 0.15) is 11.4 Å². The van der Waals surface area contributed by atoms with E-state index in [0.717, 1.165) is 0 Å². The Balaban J connectivity index is 1.74. The number of hydrogen-bond donors (Lipinski definition) is 2. The summed E-state index contributed by atoms with van der Waals surface area (Å²) in [6, 6.07) is 12.4. The van der Waals surface area contributed by atoms with Crippen LogP contribution in [0.2, 0.25) is 0 Å². The second-order valence-electron chi connectivity index (χ2n) is 4.87. The van der Waals surface area contributed by atoms with Crippen LogP contribution in [-0.4, -0.2) is 26.2 Å². The zero-order valence-corrected chi connectivity index (χ0v) is 12.4. The van der Waals surface area contributed by atoms with Crippen LogP contribution in [0.15, 0.2) is 61.1 Å². The highest BCUT2D eigenvalue weighted by molar-refractivity contribution is 6.00. The Morgan fingerprint density at radius 1 is 0.957 bits per heavy atom. The SMILES string of the molecule is Cn1ncc(C(=O)NNC(=O)c2ccccc2)c1-n1cccc1. The van der Waals surface area contributed by atoms with E-state index < -0.39 is 5.91 Å². The Kier molecular flexibility index (Phi) is 3.92. The lowest BCUT2D eigenvalue weighted by Gasteiger charge is -2.09. The average molecular weight is 309 g/mol. The predicted octanol–water partition coefficient (Wildman–Crippen LogP) is 1.29. The quantitative estimate of drug-likeness (QED) is 0.715. The standard InChI is InChI=1S/C16H15N5O2/c1-20-16(21-9-5-6-10-21)13(11-17-20)15(23)19-18-14(22)12-7-3-2-4-8-12/h2-11H,1H3,(H,18,22)(H,19,23). The lowest BCUT2D eigenvalue weighted by atomic mass is 10.2. The molecule has 23 heavy (non-hydrogen) atoms. The maximum absolute atomic E-state index is 12.3. The summed E-state index contributed by atoms with van der Waals surface area (Å²) in [7, 11) is 1.74. The lowest BCUT2D eigenvalue weighted by Crippen LogP contribution is -2.41. The van der Waals surface area contributed by atoms with Gasteiger partial charge in [0.2, 0.25) is 0 Å². The van der Waals surface area contributed by atoms with E-state index in [9.17, 15) is 9.59 Å². The Bertz CT molecular complexity index is 822. The molecule has 0 atom stereocenters. The third-order valence-electron chi connectivity index (χ3n) is 3.33. The molecule has 0 aliphatic carbocycles. The average Bonchev–Trinajstić information content (AvgIpc) is 3.22. The van der Waals surface area contributed by atoms with Gasteiger partial charge in [0.25, 0.3) is 11.8 Å². The fraction of sp³-hybridized carbons (Fsp3) is 0.0625. The van der Waals surface area contributed by atoms with Gasteiger partial charge in [-0.25, -0.2) is 0 Å². The number of nitrogens with zero attached hydrogens (tertiary/aromatic N) is 3. The molecule has 2 aromatic heterocycles. The fourth-order valence-electron chi connectivity index (χ4n) is 2.22. The minimum Gasteiger partial charge on any atom is -0.308 e. The molecule has 0 spiro atoms. The molecular weight excluding hydrogens is 294 g/mol. The summed E-state index contributed by atoms with van der Waals surface area (Å²) in [6.07, 6.45) is 5.09. The van der Waals surface area contributed by atoms with Gasteiger partial charge < -0.3 is 4.57 Å². The molecule has 0 unspecified atom stereocenters. The summed E-state index contributed by atoms with van der Waals surface area (Å²) >= 11 is 0. The summed E-state index contributed by atoms with van der Waals surface area (Å²) in [5.74, 6) is -0.210. The van der Waals surface area contributed by atoms with Crippen LogP contribution in [-0.2, 0) is 7.05 Å². The van der Waals surface area contributed by atoms with E-state index in [1.165, 1.54) is 6.20 Å². The monoisotopic (exact) mass is 309 g/mol. The van der Waals surface area contributed by atoms with Crippen molar-refractivity contribution in [2.75, 3.05) is 0 Å². The van der Waals surface area contributed by atoms with Crippen molar-refractivity contribution in [1.29, 1.82) is 0 Å². The normalized spacial score (nSPS) is 10.3. The second kappa shape index (κ2) is 6.18. The van der Waals surface area contributed by atoms with Crippen molar-refractivity contribution in [3.05, 3.63) is 72.2 Å². The van der Waals surface area contributed by atoms with Crippen LogP contribution in [0, 0.1) is 0 Å². The van der Waals surface area contributed by atoms with Crippen molar-refractivity contribution in [3.63, 3.8) is 0 Å². The number of aromatic nitrogens is 3. The van der Waals surface area contributed by atoms with E-state index in [1.54, 1.807) is 40.6 Å². The van der Waals surface area contributed by atoms with Crippen molar-refractivity contribution < 1.29 is 9.59 Å². The zero-order chi connectivity index (χ0) is 16.2. The van der Waals surface area contributed by atoms with E-state index in [4.69, 9.17) is 0 Å². The molecular formula is C16H15N5O2. The number of rotatable bonds is 3. The highest BCUT2D eigenvalue weighted by Gasteiger charge is 2.18. The molecule has 0 saturated carbocycles. The van der Waals surface area contributed by atoms with Crippen LogP contribution in [0.25, 0.3) is 5.82 Å². The molecule has 0 aliphatic rings. The van der Waals surface area contributed by atoms with Crippen LogP contribution < -0.4 is 10.9 Å². The third kappa shape index (κ3) is 2.98. The van der Waals surface area contributed by atoms with Crippen molar-refractivity contribution in [1.82, 2.24) is 25.2 Å². The smallest absolute Gasteiger partial charge is 0.275 e. The molecule has 2 N–H and O–H groups in total. The number of carbonyl (C=O) groups is 2. The second-order valence-corrected chi connectivity index (χ2v) is 4.87. The maximum Gasteiger partial charge on any atom is 0.275 e. The van der Waals surface area contributed by atoms with Gasteiger partial charge >= 0.3 is 0 Å². The van der Waals surface area contributed by atoms with Crippen LogP contribution >= 0.6 is 0 Å². The molecule has 0 bridgehead atoms. The van der Waals surface area contributed by atoms with Gasteiger partial charge in [-0.1, -0.05) is 18.2 Å². The molecule has 7 nitrogen and oxygen atoms in total. The van der Waals surface area contributed by atoms with Gasteiger partial charge in [-0.3, -0.25) is 25.1 Å². The largest absolute Gasteiger partial charge is 0.308 e. The summed E-state index contributed by atoms with van der Waals surface area (Å²) in [4.78, 5) is 24.3. The molecule has 0 aliphatic heterocycles. The van der Waals surface area contributed by atoms with Crippen LogP contribution in [0.4, 0.5) is 0 Å². The molecule has 0 saturated heterocycles. The van der Waals surface area contributed by atoms with Gasteiger partial charge in [-0.05, 0) is 24.3 Å². The highest BCUT2D eigenvalue weighted by Crippen LogP contribution is 2.13. The number of amides is 2. The van der Waals surface area contributed by atoms with E-state index in [-0.39, 0.29) is 5.91 Å². The molecule has 116 valence electrons. The van der Waals surface area contributed by atoms with Gasteiger partial charge in [-0.15, -0.1) is 0 Å². The number of aryl methyl sites for hydroxylation is 1. The molecule has 1 aromatic carbocycles. The zero-order valence-electron chi connectivity index (χ0n) is 12.4. The number of nitrogens with one attached hydrogen (secondary N) is 2. The molecule has 2 amide bonds. The Morgan fingerprint density at radius 2 is 1.61 bits per heavy atom. The Morgan fingerprint density at radius 3 is 2.30 bits per heavy atom. The topological polar surface area (TPSA) is 81.0 Å². The molecule has 3 rings (SSSR count).